The number of hydrogen-bond acceptors (Lipinski definition) is 3. The number of carboxylic acids is 1. The smallest absolute Gasteiger partial charge is 0.410 e. The highest BCUT2D eigenvalue weighted by atomic mass is 16.6. The molecular weight excluding hydrogens is 222 g/mol. The molecule has 0 aromatic heterocycles. The van der Waals surface area contributed by atoms with Crippen molar-refractivity contribution in [3.05, 3.63) is 0 Å². The molecule has 0 radical (unpaired) electrons. The number of rotatable bonds is 1. The second-order valence-electron chi connectivity index (χ2n) is 5.98. The van der Waals surface area contributed by atoms with E-state index in [2.05, 4.69) is 0 Å². The van der Waals surface area contributed by atoms with Crippen molar-refractivity contribution in [2.45, 2.75) is 40.2 Å². The minimum atomic E-state index is -0.878. The third-order valence-electron chi connectivity index (χ3n) is 3.24. The summed E-state index contributed by atoms with van der Waals surface area (Å²) in [6, 6.07) is 0. The van der Waals surface area contributed by atoms with Gasteiger partial charge in [0.1, 0.15) is 5.60 Å². The third kappa shape index (κ3) is 2.90. The number of carboxylic acid groups (broad SMARTS) is 1. The van der Waals surface area contributed by atoms with Gasteiger partial charge in [-0.3, -0.25) is 4.79 Å². The average Bonchev–Trinajstić information content (AvgIpc) is 2.42. The van der Waals surface area contributed by atoms with Gasteiger partial charge in [-0.15, -0.1) is 0 Å². The Morgan fingerprint density at radius 3 is 2.29 bits per heavy atom. The summed E-state index contributed by atoms with van der Waals surface area (Å²) in [6.07, 6.45) is -0.436. The van der Waals surface area contributed by atoms with E-state index in [4.69, 9.17) is 4.74 Å². The molecule has 0 aromatic carbocycles. The lowest BCUT2D eigenvalue weighted by Gasteiger charge is -2.25. The second-order valence-corrected chi connectivity index (χ2v) is 5.98. The average molecular weight is 243 g/mol. The van der Waals surface area contributed by atoms with Crippen molar-refractivity contribution in [1.82, 2.24) is 4.90 Å². The molecule has 0 aromatic rings. The van der Waals surface area contributed by atoms with Gasteiger partial charge >= 0.3 is 12.1 Å². The van der Waals surface area contributed by atoms with Gasteiger partial charge in [0.15, 0.2) is 0 Å². The fourth-order valence-corrected chi connectivity index (χ4v) is 1.89. The van der Waals surface area contributed by atoms with Gasteiger partial charge in [-0.1, -0.05) is 6.92 Å². The molecule has 1 N–H and O–H groups in total. The van der Waals surface area contributed by atoms with Crippen LogP contribution in [0.1, 0.15) is 34.6 Å². The van der Waals surface area contributed by atoms with E-state index in [1.807, 2.05) is 6.92 Å². The van der Waals surface area contributed by atoms with Crippen LogP contribution < -0.4 is 0 Å². The second kappa shape index (κ2) is 4.20. The Morgan fingerprint density at radius 2 is 1.94 bits per heavy atom. The van der Waals surface area contributed by atoms with Crippen molar-refractivity contribution < 1.29 is 19.4 Å². The Bertz CT molecular complexity index is 334. The summed E-state index contributed by atoms with van der Waals surface area (Å²) in [5.41, 5.74) is -1.43. The molecule has 0 bridgehead atoms. The fraction of sp³-hybridized carbons (Fsp3) is 0.833. The molecule has 1 aliphatic heterocycles. The normalized spacial score (nSPS) is 29.2. The number of hydrogen-bond donors (Lipinski definition) is 1. The zero-order chi connectivity index (χ0) is 13.4. The molecule has 98 valence electrons. The zero-order valence-electron chi connectivity index (χ0n) is 11.1. The summed E-state index contributed by atoms with van der Waals surface area (Å²) < 4.78 is 5.24. The molecule has 1 saturated heterocycles. The number of carbonyl (C=O) groups is 2. The van der Waals surface area contributed by atoms with Crippen LogP contribution in [0.4, 0.5) is 4.79 Å². The van der Waals surface area contributed by atoms with Gasteiger partial charge in [0, 0.05) is 13.1 Å². The van der Waals surface area contributed by atoms with E-state index in [-0.39, 0.29) is 12.5 Å². The van der Waals surface area contributed by atoms with Crippen molar-refractivity contribution >= 4 is 12.1 Å². The first-order valence-electron chi connectivity index (χ1n) is 5.77. The Balaban J connectivity index is 2.73. The first-order valence-corrected chi connectivity index (χ1v) is 5.77. The van der Waals surface area contributed by atoms with Gasteiger partial charge < -0.3 is 14.7 Å². The number of aliphatic carboxylic acids is 1. The van der Waals surface area contributed by atoms with Crippen LogP contribution in [-0.2, 0) is 9.53 Å². The highest BCUT2D eigenvalue weighted by Crippen LogP contribution is 2.36. The minimum absolute atomic E-state index is 0.0764. The highest BCUT2D eigenvalue weighted by molar-refractivity contribution is 5.78. The zero-order valence-corrected chi connectivity index (χ0v) is 11.1. The van der Waals surface area contributed by atoms with Crippen LogP contribution in [0, 0.1) is 11.3 Å². The molecule has 0 spiro atoms. The van der Waals surface area contributed by atoms with Crippen molar-refractivity contribution in [3.8, 4) is 0 Å². The van der Waals surface area contributed by atoms with Crippen LogP contribution in [0.25, 0.3) is 0 Å². The van der Waals surface area contributed by atoms with Crippen molar-refractivity contribution in [2.24, 2.45) is 11.3 Å². The van der Waals surface area contributed by atoms with E-state index >= 15 is 0 Å². The SMILES string of the molecule is C[C@H]1CN(C(=O)OC(C)(C)C)C[C@]1(C)C(=O)O. The standard InChI is InChI=1S/C12H21NO4/c1-8-6-13(7-12(8,5)9(14)15)10(16)17-11(2,3)4/h8H,6-7H2,1-5H3,(H,14,15)/t8-,12-/m0/s1. The lowest BCUT2D eigenvalue weighted by Crippen LogP contribution is -2.38. The van der Waals surface area contributed by atoms with E-state index in [0.717, 1.165) is 0 Å². The van der Waals surface area contributed by atoms with Crippen molar-refractivity contribution in [2.75, 3.05) is 13.1 Å². The predicted octanol–water partition coefficient (Wildman–Crippen LogP) is 1.96. The van der Waals surface area contributed by atoms with E-state index in [0.29, 0.717) is 6.54 Å². The van der Waals surface area contributed by atoms with E-state index < -0.39 is 23.1 Å². The van der Waals surface area contributed by atoms with Gasteiger partial charge in [0.05, 0.1) is 5.41 Å². The maximum absolute atomic E-state index is 11.8. The van der Waals surface area contributed by atoms with Crippen LogP contribution in [0.5, 0.6) is 0 Å². The summed E-state index contributed by atoms with van der Waals surface area (Å²) in [4.78, 5) is 24.5. The maximum atomic E-state index is 11.8. The number of amides is 1. The largest absolute Gasteiger partial charge is 0.481 e. The first-order chi connectivity index (χ1) is 7.56. The molecule has 5 nitrogen and oxygen atoms in total. The molecule has 1 rings (SSSR count). The Kier molecular flexibility index (Phi) is 3.41. The summed E-state index contributed by atoms with van der Waals surface area (Å²) in [5.74, 6) is -0.941. The molecule has 2 atom stereocenters. The number of likely N-dealkylation sites (tertiary alicyclic amines) is 1. The van der Waals surface area contributed by atoms with E-state index in [1.54, 1.807) is 27.7 Å². The lowest BCUT2D eigenvalue weighted by molar-refractivity contribution is -0.148. The maximum Gasteiger partial charge on any atom is 0.410 e. The summed E-state index contributed by atoms with van der Waals surface area (Å²) >= 11 is 0. The van der Waals surface area contributed by atoms with Gasteiger partial charge in [-0.2, -0.15) is 0 Å². The monoisotopic (exact) mass is 243 g/mol. The van der Waals surface area contributed by atoms with Gasteiger partial charge in [-0.25, -0.2) is 4.79 Å². The van der Waals surface area contributed by atoms with Crippen molar-refractivity contribution in [1.29, 1.82) is 0 Å². The molecular formula is C12H21NO4. The van der Waals surface area contributed by atoms with E-state index in [9.17, 15) is 14.7 Å². The molecule has 1 amide bonds. The van der Waals surface area contributed by atoms with Gasteiger partial charge in [-0.05, 0) is 33.6 Å². The molecule has 0 unspecified atom stereocenters. The van der Waals surface area contributed by atoms with Gasteiger partial charge in [0.25, 0.3) is 0 Å². The van der Waals surface area contributed by atoms with Gasteiger partial charge in [0.2, 0.25) is 0 Å². The molecule has 17 heavy (non-hydrogen) atoms. The Morgan fingerprint density at radius 1 is 1.41 bits per heavy atom. The predicted molar refractivity (Wildman–Crippen MR) is 62.7 cm³/mol. The van der Waals surface area contributed by atoms with E-state index in [1.165, 1.54) is 4.90 Å². The number of nitrogens with zero attached hydrogens (tertiary/aromatic N) is 1. The van der Waals surface area contributed by atoms with Crippen molar-refractivity contribution in [3.63, 3.8) is 0 Å². The highest BCUT2D eigenvalue weighted by Gasteiger charge is 2.48. The molecule has 0 aliphatic carbocycles. The minimum Gasteiger partial charge on any atom is -0.481 e. The quantitative estimate of drug-likeness (QED) is 0.764. The molecule has 5 heteroatoms. The number of carbonyl (C=O) groups excluding carboxylic acids is 1. The first kappa shape index (κ1) is 13.8. The van der Waals surface area contributed by atoms with Crippen LogP contribution in [0.2, 0.25) is 0 Å². The van der Waals surface area contributed by atoms with Crippen LogP contribution in [0.15, 0.2) is 0 Å². The van der Waals surface area contributed by atoms with Crippen LogP contribution >= 0.6 is 0 Å². The fourth-order valence-electron chi connectivity index (χ4n) is 1.89. The Labute approximate surface area is 102 Å². The summed E-state index contributed by atoms with van der Waals surface area (Å²) in [6.45, 7) is 9.53. The topological polar surface area (TPSA) is 66.8 Å². The summed E-state index contributed by atoms with van der Waals surface area (Å²) in [5, 5.41) is 9.20. The number of ether oxygens (including phenoxy) is 1. The molecule has 0 saturated carbocycles. The molecule has 1 heterocycles. The van der Waals surface area contributed by atoms with Crippen LogP contribution in [-0.4, -0.2) is 40.8 Å². The molecule has 1 fully saturated rings. The Hall–Kier alpha value is -1.26. The molecule has 1 aliphatic rings. The summed E-state index contributed by atoms with van der Waals surface area (Å²) in [7, 11) is 0. The third-order valence-corrected chi connectivity index (χ3v) is 3.24. The lowest BCUT2D eigenvalue weighted by atomic mass is 9.81. The van der Waals surface area contributed by atoms with Crippen LogP contribution in [0.3, 0.4) is 0 Å².